The molecule has 2 aromatic heterocycles. The van der Waals surface area contributed by atoms with Crippen molar-refractivity contribution < 1.29 is 4.79 Å². The van der Waals surface area contributed by atoms with Gasteiger partial charge in [-0.3, -0.25) is 15.2 Å². The molecule has 6 nitrogen and oxygen atoms in total. The van der Waals surface area contributed by atoms with Crippen molar-refractivity contribution in [3.63, 3.8) is 0 Å². The molecule has 0 spiro atoms. The van der Waals surface area contributed by atoms with Crippen LogP contribution in [0.4, 0.5) is 10.8 Å². The second-order valence-electron chi connectivity index (χ2n) is 3.73. The first-order chi connectivity index (χ1) is 7.99. The number of nitrogens with one attached hydrogen (secondary N) is 2. The van der Waals surface area contributed by atoms with E-state index in [1.165, 1.54) is 11.3 Å². The van der Waals surface area contributed by atoms with Gasteiger partial charge < -0.3 is 5.73 Å². The lowest BCUT2D eigenvalue weighted by atomic mass is 10.3. The number of nitrogens with two attached hydrogens (primary N) is 1. The van der Waals surface area contributed by atoms with E-state index < -0.39 is 0 Å². The van der Waals surface area contributed by atoms with Crippen molar-refractivity contribution in [2.75, 3.05) is 11.1 Å². The minimum Gasteiger partial charge on any atom is -0.395 e. The van der Waals surface area contributed by atoms with E-state index in [1.54, 1.807) is 6.92 Å². The van der Waals surface area contributed by atoms with E-state index in [0.29, 0.717) is 16.5 Å². The van der Waals surface area contributed by atoms with E-state index in [4.69, 9.17) is 5.73 Å². The molecule has 1 amide bonds. The van der Waals surface area contributed by atoms with Crippen LogP contribution < -0.4 is 11.1 Å². The Morgan fingerprint density at radius 3 is 2.59 bits per heavy atom. The Labute approximate surface area is 102 Å². The number of nitrogen functional groups attached to an aromatic ring is 1. The Hall–Kier alpha value is -1.89. The highest BCUT2D eigenvalue weighted by atomic mass is 32.1. The second kappa shape index (κ2) is 4.17. The average molecular weight is 251 g/mol. The van der Waals surface area contributed by atoms with Crippen molar-refractivity contribution in [2.45, 2.75) is 20.8 Å². The molecule has 0 saturated heterocycles. The monoisotopic (exact) mass is 251 g/mol. The summed E-state index contributed by atoms with van der Waals surface area (Å²) in [5.74, 6) is -0.347. The van der Waals surface area contributed by atoms with Crippen molar-refractivity contribution in [1.82, 2.24) is 15.2 Å². The van der Waals surface area contributed by atoms with Gasteiger partial charge in [0.1, 0.15) is 0 Å². The molecule has 0 aromatic carbocycles. The van der Waals surface area contributed by atoms with Crippen LogP contribution >= 0.6 is 11.3 Å². The lowest BCUT2D eigenvalue weighted by molar-refractivity contribution is 0.102. The van der Waals surface area contributed by atoms with E-state index in [0.717, 1.165) is 10.6 Å². The van der Waals surface area contributed by atoms with Crippen LogP contribution in [0.2, 0.25) is 0 Å². The number of aromatic amines is 1. The standard InChI is InChI=1S/C10H13N5OS/c1-4-6(3)17-10(12-4)13-9(16)8-7(11)5(2)14-15-8/h11H2,1-3H3,(H,14,15)(H,12,13,16). The van der Waals surface area contributed by atoms with Crippen LogP contribution in [0, 0.1) is 20.8 Å². The minimum absolute atomic E-state index is 0.202. The molecule has 0 fully saturated rings. The fourth-order valence-corrected chi connectivity index (χ4v) is 2.10. The SMILES string of the molecule is Cc1nc(NC(=O)c2n[nH]c(C)c2N)sc1C. The van der Waals surface area contributed by atoms with Crippen LogP contribution in [0.15, 0.2) is 0 Å². The van der Waals surface area contributed by atoms with Gasteiger partial charge in [0.15, 0.2) is 10.8 Å². The zero-order valence-electron chi connectivity index (χ0n) is 9.79. The summed E-state index contributed by atoms with van der Waals surface area (Å²) in [6, 6.07) is 0. The molecule has 0 aliphatic carbocycles. The van der Waals surface area contributed by atoms with E-state index in [9.17, 15) is 4.79 Å². The third kappa shape index (κ3) is 2.14. The maximum absolute atomic E-state index is 11.9. The molecular formula is C10H13N5OS. The van der Waals surface area contributed by atoms with Gasteiger partial charge in [0, 0.05) is 4.88 Å². The third-order valence-corrected chi connectivity index (χ3v) is 3.45. The van der Waals surface area contributed by atoms with Crippen molar-refractivity contribution in [3.05, 3.63) is 22.0 Å². The van der Waals surface area contributed by atoms with E-state index >= 15 is 0 Å². The highest BCUT2D eigenvalue weighted by Crippen LogP contribution is 2.22. The molecule has 0 radical (unpaired) electrons. The summed E-state index contributed by atoms with van der Waals surface area (Å²) in [7, 11) is 0. The molecule has 2 aromatic rings. The average Bonchev–Trinajstić information content (AvgIpc) is 2.73. The van der Waals surface area contributed by atoms with Crippen LogP contribution in [-0.2, 0) is 0 Å². The lowest BCUT2D eigenvalue weighted by Gasteiger charge is -1.98. The number of amides is 1. The first-order valence-corrected chi connectivity index (χ1v) is 5.86. The zero-order chi connectivity index (χ0) is 12.6. The summed E-state index contributed by atoms with van der Waals surface area (Å²) in [5, 5.41) is 9.76. The summed E-state index contributed by atoms with van der Waals surface area (Å²) in [6.07, 6.45) is 0. The van der Waals surface area contributed by atoms with Crippen LogP contribution in [0.3, 0.4) is 0 Å². The van der Waals surface area contributed by atoms with Crippen molar-refractivity contribution in [3.8, 4) is 0 Å². The van der Waals surface area contributed by atoms with Crippen LogP contribution in [0.1, 0.15) is 26.8 Å². The van der Waals surface area contributed by atoms with Gasteiger partial charge in [0.05, 0.1) is 17.1 Å². The molecule has 90 valence electrons. The largest absolute Gasteiger partial charge is 0.395 e. The van der Waals surface area contributed by atoms with Gasteiger partial charge in [-0.2, -0.15) is 5.10 Å². The summed E-state index contributed by atoms with van der Waals surface area (Å²) in [6.45, 7) is 5.61. The number of H-pyrrole nitrogens is 1. The minimum atomic E-state index is -0.347. The first kappa shape index (κ1) is 11.6. The van der Waals surface area contributed by atoms with Gasteiger partial charge in [-0.1, -0.05) is 0 Å². The number of thiazole rings is 1. The Morgan fingerprint density at radius 1 is 1.41 bits per heavy atom. The first-order valence-electron chi connectivity index (χ1n) is 5.05. The van der Waals surface area contributed by atoms with Crippen molar-refractivity contribution in [1.29, 1.82) is 0 Å². The number of aromatic nitrogens is 3. The molecule has 0 atom stereocenters. The molecule has 0 bridgehead atoms. The Kier molecular flexibility index (Phi) is 2.84. The van der Waals surface area contributed by atoms with Crippen molar-refractivity contribution >= 4 is 28.1 Å². The number of hydrogen-bond acceptors (Lipinski definition) is 5. The van der Waals surface area contributed by atoms with E-state index in [2.05, 4.69) is 20.5 Å². The molecule has 7 heteroatoms. The molecule has 0 aliphatic heterocycles. The number of carbonyl (C=O) groups excluding carboxylic acids is 1. The van der Waals surface area contributed by atoms with Crippen molar-refractivity contribution in [2.24, 2.45) is 0 Å². The van der Waals surface area contributed by atoms with E-state index in [-0.39, 0.29) is 11.6 Å². The van der Waals surface area contributed by atoms with Gasteiger partial charge in [-0.25, -0.2) is 4.98 Å². The molecule has 2 rings (SSSR count). The Bertz CT molecular complexity index is 552. The van der Waals surface area contributed by atoms with Gasteiger partial charge in [-0.05, 0) is 20.8 Å². The van der Waals surface area contributed by atoms with Crippen LogP contribution in [0.5, 0.6) is 0 Å². The maximum Gasteiger partial charge on any atom is 0.280 e. The Balaban J connectivity index is 2.20. The van der Waals surface area contributed by atoms with Gasteiger partial charge in [0.2, 0.25) is 0 Å². The van der Waals surface area contributed by atoms with Gasteiger partial charge in [-0.15, -0.1) is 11.3 Å². The molecular weight excluding hydrogens is 238 g/mol. The fraction of sp³-hybridized carbons (Fsp3) is 0.300. The summed E-state index contributed by atoms with van der Waals surface area (Å²) in [5.41, 5.74) is 7.89. The number of nitrogens with zero attached hydrogens (tertiary/aromatic N) is 2. The molecule has 0 aliphatic rings. The molecule has 17 heavy (non-hydrogen) atoms. The van der Waals surface area contributed by atoms with E-state index in [1.807, 2.05) is 13.8 Å². The van der Waals surface area contributed by atoms with Crippen LogP contribution in [0.25, 0.3) is 0 Å². The fourth-order valence-electron chi connectivity index (χ4n) is 1.29. The molecule has 4 N–H and O–H groups in total. The lowest BCUT2D eigenvalue weighted by Crippen LogP contribution is -2.14. The van der Waals surface area contributed by atoms with Crippen LogP contribution in [-0.4, -0.2) is 21.1 Å². The highest BCUT2D eigenvalue weighted by Gasteiger charge is 2.16. The quantitative estimate of drug-likeness (QED) is 0.755. The second-order valence-corrected chi connectivity index (χ2v) is 4.93. The number of aryl methyl sites for hydroxylation is 3. The molecule has 0 unspecified atom stereocenters. The predicted molar refractivity (Wildman–Crippen MR) is 67.3 cm³/mol. The number of anilines is 2. The Morgan fingerprint density at radius 2 is 2.12 bits per heavy atom. The molecule has 2 heterocycles. The topological polar surface area (TPSA) is 96.7 Å². The summed E-state index contributed by atoms with van der Waals surface area (Å²) >= 11 is 1.43. The number of carbonyl (C=O) groups is 1. The summed E-state index contributed by atoms with van der Waals surface area (Å²) < 4.78 is 0. The predicted octanol–water partition coefficient (Wildman–Crippen LogP) is 1.63. The summed E-state index contributed by atoms with van der Waals surface area (Å²) in [4.78, 5) is 17.2. The van der Waals surface area contributed by atoms with Gasteiger partial charge >= 0.3 is 0 Å². The van der Waals surface area contributed by atoms with Gasteiger partial charge in [0.25, 0.3) is 5.91 Å². The number of rotatable bonds is 2. The highest BCUT2D eigenvalue weighted by molar-refractivity contribution is 7.15. The number of hydrogen-bond donors (Lipinski definition) is 3. The smallest absolute Gasteiger partial charge is 0.280 e. The molecule has 0 saturated carbocycles. The third-order valence-electron chi connectivity index (χ3n) is 2.46. The zero-order valence-corrected chi connectivity index (χ0v) is 10.6. The maximum atomic E-state index is 11.9. The normalized spacial score (nSPS) is 10.5.